The molecule has 0 aliphatic carbocycles. The van der Waals surface area contributed by atoms with Gasteiger partial charge in [0.05, 0.1) is 5.52 Å². The summed E-state index contributed by atoms with van der Waals surface area (Å²) in [5.74, 6) is -0.0528. The molecular weight excluding hydrogens is 326 g/mol. The molecular formula is C18H14BrNO. The molecule has 1 heterocycles. The van der Waals surface area contributed by atoms with Crippen LogP contribution in [0.1, 0.15) is 28.5 Å². The highest BCUT2D eigenvalue weighted by Crippen LogP contribution is 2.24. The van der Waals surface area contributed by atoms with Crippen molar-refractivity contribution >= 4 is 32.6 Å². The predicted molar refractivity (Wildman–Crippen MR) is 88.7 cm³/mol. The molecule has 104 valence electrons. The summed E-state index contributed by atoms with van der Waals surface area (Å²) in [5.41, 5.74) is 3.12. The fourth-order valence-electron chi connectivity index (χ4n) is 2.32. The third kappa shape index (κ3) is 2.74. The number of ketones is 1. The summed E-state index contributed by atoms with van der Waals surface area (Å²) in [6.07, 6.45) is 0.910. The topological polar surface area (TPSA) is 30.0 Å². The van der Waals surface area contributed by atoms with E-state index in [9.17, 15) is 4.79 Å². The van der Waals surface area contributed by atoms with E-state index in [2.05, 4.69) is 27.8 Å². The molecule has 0 saturated carbocycles. The molecule has 0 aliphatic rings. The minimum Gasteiger partial charge on any atom is -0.287 e. The molecule has 2 aromatic carbocycles. The van der Waals surface area contributed by atoms with Crippen LogP contribution < -0.4 is 0 Å². The van der Waals surface area contributed by atoms with Gasteiger partial charge in [-0.05, 0) is 46.1 Å². The van der Waals surface area contributed by atoms with Crippen LogP contribution >= 0.6 is 15.9 Å². The highest BCUT2D eigenvalue weighted by atomic mass is 79.9. The molecule has 0 radical (unpaired) electrons. The number of rotatable bonds is 3. The molecule has 1 aromatic heterocycles. The average Bonchev–Trinajstić information content (AvgIpc) is 2.53. The van der Waals surface area contributed by atoms with Gasteiger partial charge in [-0.3, -0.25) is 4.79 Å². The zero-order valence-electron chi connectivity index (χ0n) is 11.6. The lowest BCUT2D eigenvalue weighted by molar-refractivity contribution is 0.103. The average molecular weight is 340 g/mol. The lowest BCUT2D eigenvalue weighted by Crippen LogP contribution is -2.06. The third-order valence-electron chi connectivity index (χ3n) is 3.49. The Morgan fingerprint density at radius 2 is 1.90 bits per heavy atom. The van der Waals surface area contributed by atoms with Crippen molar-refractivity contribution < 1.29 is 4.79 Å². The Bertz CT molecular complexity index is 826. The molecule has 0 saturated heterocycles. The van der Waals surface area contributed by atoms with E-state index in [1.54, 1.807) is 0 Å². The van der Waals surface area contributed by atoms with E-state index in [1.165, 1.54) is 0 Å². The summed E-state index contributed by atoms with van der Waals surface area (Å²) in [4.78, 5) is 17.2. The zero-order chi connectivity index (χ0) is 14.8. The van der Waals surface area contributed by atoms with Gasteiger partial charge in [0.2, 0.25) is 5.78 Å². The van der Waals surface area contributed by atoms with Crippen LogP contribution in [0, 0.1) is 0 Å². The first-order chi connectivity index (χ1) is 10.2. The molecule has 3 rings (SSSR count). The predicted octanol–water partition coefficient (Wildman–Crippen LogP) is 4.79. The largest absolute Gasteiger partial charge is 0.287 e. The number of carbonyl (C=O) groups excluding carboxylic acids is 1. The van der Waals surface area contributed by atoms with E-state index in [0.29, 0.717) is 11.3 Å². The maximum Gasteiger partial charge on any atom is 0.212 e. The maximum absolute atomic E-state index is 12.7. The van der Waals surface area contributed by atoms with E-state index >= 15 is 0 Å². The number of aromatic nitrogens is 1. The van der Waals surface area contributed by atoms with Gasteiger partial charge in [0.25, 0.3) is 0 Å². The molecule has 0 atom stereocenters. The van der Waals surface area contributed by atoms with Crippen molar-refractivity contribution in [3.63, 3.8) is 0 Å². The molecule has 0 unspecified atom stereocenters. The van der Waals surface area contributed by atoms with Crippen molar-refractivity contribution in [1.82, 2.24) is 4.98 Å². The fraction of sp³-hybridized carbons (Fsp3) is 0.111. The van der Waals surface area contributed by atoms with Gasteiger partial charge in [-0.25, -0.2) is 4.98 Å². The first-order valence-corrected chi connectivity index (χ1v) is 7.67. The Morgan fingerprint density at radius 1 is 1.10 bits per heavy atom. The fourth-order valence-corrected chi connectivity index (χ4v) is 2.83. The lowest BCUT2D eigenvalue weighted by atomic mass is 10.0. The van der Waals surface area contributed by atoms with Crippen LogP contribution in [0.25, 0.3) is 10.9 Å². The Labute approximate surface area is 132 Å². The smallest absolute Gasteiger partial charge is 0.212 e. The third-order valence-corrected chi connectivity index (χ3v) is 4.09. The zero-order valence-corrected chi connectivity index (χ0v) is 13.2. The molecule has 0 N–H and O–H groups in total. The molecule has 0 fully saturated rings. The van der Waals surface area contributed by atoms with Gasteiger partial charge in [0.1, 0.15) is 5.69 Å². The van der Waals surface area contributed by atoms with Crippen LogP contribution in [0.4, 0.5) is 0 Å². The molecule has 2 nitrogen and oxygen atoms in total. The highest BCUT2D eigenvalue weighted by molar-refractivity contribution is 9.10. The summed E-state index contributed by atoms with van der Waals surface area (Å²) in [6, 6.07) is 17.5. The molecule has 0 bridgehead atoms. The van der Waals surface area contributed by atoms with Crippen LogP contribution in [0.5, 0.6) is 0 Å². The first kappa shape index (κ1) is 14.0. The van der Waals surface area contributed by atoms with Gasteiger partial charge >= 0.3 is 0 Å². The van der Waals surface area contributed by atoms with Crippen LogP contribution in [-0.2, 0) is 6.42 Å². The van der Waals surface area contributed by atoms with E-state index in [1.807, 2.05) is 54.6 Å². The summed E-state index contributed by atoms with van der Waals surface area (Å²) < 4.78 is 0.730. The number of nitrogens with zero attached hydrogens (tertiary/aromatic N) is 1. The molecule has 3 aromatic rings. The second-order valence-electron chi connectivity index (χ2n) is 4.89. The Kier molecular flexibility index (Phi) is 3.84. The molecule has 0 aliphatic heterocycles. The van der Waals surface area contributed by atoms with E-state index in [4.69, 9.17) is 0 Å². The maximum atomic E-state index is 12.7. The van der Waals surface area contributed by atoms with Gasteiger partial charge < -0.3 is 0 Å². The van der Waals surface area contributed by atoms with Crippen LogP contribution in [0.2, 0.25) is 0 Å². The van der Waals surface area contributed by atoms with Crippen LogP contribution in [-0.4, -0.2) is 10.8 Å². The van der Waals surface area contributed by atoms with Crippen molar-refractivity contribution in [2.45, 2.75) is 13.3 Å². The standard InChI is InChI=1S/C18H14BrNO/c1-2-12-6-5-8-14(10-12)18(21)17-15(19)11-13-7-3-4-9-16(13)20-17/h3-11H,2H2,1H3. The quantitative estimate of drug-likeness (QED) is 0.642. The number of hydrogen-bond donors (Lipinski definition) is 0. The minimum absolute atomic E-state index is 0.0528. The monoisotopic (exact) mass is 339 g/mol. The van der Waals surface area contributed by atoms with Crippen molar-refractivity contribution in [2.75, 3.05) is 0 Å². The highest BCUT2D eigenvalue weighted by Gasteiger charge is 2.15. The number of fused-ring (bicyclic) bond motifs is 1. The molecule has 3 heteroatoms. The number of aryl methyl sites for hydroxylation is 1. The van der Waals surface area contributed by atoms with E-state index in [-0.39, 0.29) is 5.78 Å². The second kappa shape index (κ2) is 5.78. The Balaban J connectivity index is 2.10. The van der Waals surface area contributed by atoms with E-state index in [0.717, 1.165) is 27.4 Å². The Morgan fingerprint density at radius 3 is 2.71 bits per heavy atom. The SMILES string of the molecule is CCc1cccc(C(=O)c2nc3ccccc3cc2Br)c1. The van der Waals surface area contributed by atoms with Crippen molar-refractivity contribution in [2.24, 2.45) is 0 Å². The lowest BCUT2D eigenvalue weighted by Gasteiger charge is -2.07. The number of para-hydroxylation sites is 1. The summed E-state index contributed by atoms with van der Waals surface area (Å²) in [6.45, 7) is 2.08. The van der Waals surface area contributed by atoms with Crippen molar-refractivity contribution in [3.8, 4) is 0 Å². The van der Waals surface area contributed by atoms with Gasteiger partial charge in [-0.1, -0.05) is 43.3 Å². The Hall–Kier alpha value is -2.00. The number of hydrogen-bond acceptors (Lipinski definition) is 2. The van der Waals surface area contributed by atoms with E-state index < -0.39 is 0 Å². The van der Waals surface area contributed by atoms with Gasteiger partial charge in [0, 0.05) is 15.4 Å². The first-order valence-electron chi connectivity index (χ1n) is 6.88. The van der Waals surface area contributed by atoms with Crippen molar-refractivity contribution in [3.05, 3.63) is 75.9 Å². The van der Waals surface area contributed by atoms with Gasteiger partial charge in [-0.15, -0.1) is 0 Å². The van der Waals surface area contributed by atoms with Crippen LogP contribution in [0.15, 0.2) is 59.1 Å². The summed E-state index contributed by atoms with van der Waals surface area (Å²) in [5, 5.41) is 1.02. The molecule has 21 heavy (non-hydrogen) atoms. The molecule has 0 spiro atoms. The van der Waals surface area contributed by atoms with Gasteiger partial charge in [0.15, 0.2) is 0 Å². The molecule has 0 amide bonds. The normalized spacial score (nSPS) is 10.8. The number of benzene rings is 2. The minimum atomic E-state index is -0.0528. The number of carbonyl (C=O) groups is 1. The number of pyridine rings is 1. The second-order valence-corrected chi connectivity index (χ2v) is 5.75. The van der Waals surface area contributed by atoms with Gasteiger partial charge in [-0.2, -0.15) is 0 Å². The van der Waals surface area contributed by atoms with Crippen molar-refractivity contribution in [1.29, 1.82) is 0 Å². The number of halogens is 1. The van der Waals surface area contributed by atoms with Crippen LogP contribution in [0.3, 0.4) is 0 Å². The summed E-state index contributed by atoms with van der Waals surface area (Å²) in [7, 11) is 0. The summed E-state index contributed by atoms with van der Waals surface area (Å²) >= 11 is 3.47.